The molecule has 3 saturated carbocycles. The third-order valence-electron chi connectivity index (χ3n) is 6.93. The van der Waals surface area contributed by atoms with E-state index >= 15 is 0 Å². The Kier molecular flexibility index (Phi) is 3.81. The van der Waals surface area contributed by atoms with Gasteiger partial charge in [0.15, 0.2) is 0 Å². The highest BCUT2D eigenvalue weighted by molar-refractivity contribution is 5.96. The summed E-state index contributed by atoms with van der Waals surface area (Å²) in [6.45, 7) is 5.66. The molecule has 0 spiro atoms. The van der Waals surface area contributed by atoms with Crippen LogP contribution >= 0.6 is 0 Å². The van der Waals surface area contributed by atoms with E-state index in [1.165, 1.54) is 38.2 Å². The Morgan fingerprint density at radius 2 is 1.92 bits per heavy atom. The maximum absolute atomic E-state index is 12.8. The monoisotopic (exact) mass is 329 g/mol. The third kappa shape index (κ3) is 2.51. The van der Waals surface area contributed by atoms with Crippen LogP contribution in [-0.2, 0) is 0 Å². The van der Waals surface area contributed by atoms with Gasteiger partial charge in [0.05, 0.1) is 5.56 Å². The van der Waals surface area contributed by atoms with Gasteiger partial charge in [-0.3, -0.25) is 4.79 Å². The van der Waals surface area contributed by atoms with Crippen molar-refractivity contribution in [2.45, 2.75) is 58.9 Å². The van der Waals surface area contributed by atoms with Crippen LogP contribution in [0.3, 0.4) is 0 Å². The van der Waals surface area contributed by atoms with Crippen molar-refractivity contribution in [1.29, 1.82) is 0 Å². The molecule has 0 aromatic carbocycles. The van der Waals surface area contributed by atoms with Gasteiger partial charge < -0.3 is 9.73 Å². The molecule has 0 unspecified atom stereocenters. The van der Waals surface area contributed by atoms with Gasteiger partial charge in [0.1, 0.15) is 5.76 Å². The maximum atomic E-state index is 12.8. The molecule has 4 heteroatoms. The Balaban J connectivity index is 1.53. The molecule has 4 rings (SSSR count). The lowest BCUT2D eigenvalue weighted by Gasteiger charge is -2.45. The van der Waals surface area contributed by atoms with Crippen LogP contribution in [0.1, 0.15) is 60.7 Å². The van der Waals surface area contributed by atoms with E-state index in [2.05, 4.69) is 12.2 Å². The molecule has 0 aliphatic heterocycles. The number of hydrogen-bond donors (Lipinski definition) is 1. The van der Waals surface area contributed by atoms with Gasteiger partial charge in [-0.1, -0.05) is 0 Å². The van der Waals surface area contributed by atoms with Crippen molar-refractivity contribution in [2.75, 3.05) is 0 Å². The van der Waals surface area contributed by atoms with Crippen LogP contribution < -0.4 is 10.9 Å². The number of nitrogens with one attached hydrogen (secondary N) is 1. The van der Waals surface area contributed by atoms with E-state index < -0.39 is 5.63 Å². The molecule has 24 heavy (non-hydrogen) atoms. The minimum absolute atomic E-state index is 0.0998. The lowest BCUT2D eigenvalue weighted by Crippen LogP contribution is -2.48. The van der Waals surface area contributed by atoms with Crippen LogP contribution in [0.2, 0.25) is 0 Å². The van der Waals surface area contributed by atoms with Crippen LogP contribution in [0.25, 0.3) is 0 Å². The molecule has 0 saturated heterocycles. The molecule has 3 fully saturated rings. The SMILES string of the molecule is Cc1cc(=O)oc(C)c1C(=O)N[C@H](C)[C@H]1[C@H]2CC[C@H]3C[C@@H](C2)C[C@H]31. The van der Waals surface area contributed by atoms with Crippen molar-refractivity contribution in [3.8, 4) is 0 Å². The van der Waals surface area contributed by atoms with Crippen molar-refractivity contribution in [1.82, 2.24) is 5.32 Å². The zero-order valence-electron chi connectivity index (χ0n) is 14.8. The lowest BCUT2D eigenvalue weighted by atomic mass is 9.62. The Labute approximate surface area is 143 Å². The lowest BCUT2D eigenvalue weighted by molar-refractivity contribution is 0.0518. The molecule has 130 valence electrons. The van der Waals surface area contributed by atoms with E-state index in [4.69, 9.17) is 4.42 Å². The predicted octanol–water partition coefficient (Wildman–Crippen LogP) is 3.45. The molecule has 3 aliphatic rings. The summed E-state index contributed by atoms with van der Waals surface area (Å²) < 4.78 is 5.12. The van der Waals surface area contributed by atoms with Crippen LogP contribution in [0, 0.1) is 43.4 Å². The standard InChI is InChI=1S/C20H27NO3/c1-10-6-17(22)24-12(3)18(10)20(23)21-11(2)19-15-5-4-14-7-13(8-15)9-16(14)19/h6,11,13-16,19H,4-5,7-9H2,1-3H3,(H,21,23)/t11-,13+,14+,15+,16-,19+/m1/s1. The predicted molar refractivity (Wildman–Crippen MR) is 91.9 cm³/mol. The number of carbonyl (C=O) groups excluding carboxylic acids is 1. The first kappa shape index (κ1) is 15.9. The summed E-state index contributed by atoms with van der Waals surface area (Å²) in [6.07, 6.45) is 6.87. The van der Waals surface area contributed by atoms with Crippen molar-refractivity contribution < 1.29 is 9.21 Å². The first-order chi connectivity index (χ1) is 11.4. The topological polar surface area (TPSA) is 59.3 Å². The summed E-state index contributed by atoms with van der Waals surface area (Å²) in [5.74, 6) is 4.33. The van der Waals surface area contributed by atoms with Gasteiger partial charge >= 0.3 is 5.63 Å². The number of rotatable bonds is 3. The second-order valence-corrected chi connectivity index (χ2v) is 8.35. The largest absolute Gasteiger partial charge is 0.427 e. The number of carbonyl (C=O) groups is 1. The van der Waals surface area contributed by atoms with Crippen molar-refractivity contribution in [2.24, 2.45) is 29.6 Å². The van der Waals surface area contributed by atoms with Gasteiger partial charge in [-0.2, -0.15) is 0 Å². The Morgan fingerprint density at radius 3 is 2.67 bits per heavy atom. The smallest absolute Gasteiger partial charge is 0.336 e. The Hall–Kier alpha value is -1.58. The first-order valence-corrected chi connectivity index (χ1v) is 9.36. The van der Waals surface area contributed by atoms with Crippen molar-refractivity contribution in [3.63, 3.8) is 0 Å². The van der Waals surface area contributed by atoms with E-state index in [0.717, 1.165) is 23.7 Å². The van der Waals surface area contributed by atoms with Crippen LogP contribution in [0.15, 0.2) is 15.3 Å². The van der Waals surface area contributed by atoms with Crippen molar-refractivity contribution >= 4 is 5.91 Å². The molecule has 1 amide bonds. The zero-order chi connectivity index (χ0) is 17.0. The molecule has 1 aromatic rings. The quantitative estimate of drug-likeness (QED) is 0.924. The van der Waals surface area contributed by atoms with Crippen molar-refractivity contribution in [3.05, 3.63) is 33.4 Å². The average molecular weight is 329 g/mol. The molecule has 0 radical (unpaired) electrons. The summed E-state index contributed by atoms with van der Waals surface area (Å²) >= 11 is 0. The van der Waals surface area contributed by atoms with E-state index in [0.29, 0.717) is 22.8 Å². The highest BCUT2D eigenvalue weighted by atomic mass is 16.4. The van der Waals surface area contributed by atoms with Crippen LogP contribution in [-0.4, -0.2) is 11.9 Å². The van der Waals surface area contributed by atoms with Gasteiger partial charge in [-0.15, -0.1) is 0 Å². The second kappa shape index (κ2) is 5.75. The highest BCUT2D eigenvalue weighted by Crippen LogP contribution is 2.58. The van der Waals surface area contributed by atoms with Gasteiger partial charge in [0.25, 0.3) is 5.91 Å². The van der Waals surface area contributed by atoms with Gasteiger partial charge in [0, 0.05) is 12.1 Å². The molecule has 1 aromatic heterocycles. The second-order valence-electron chi connectivity index (χ2n) is 8.35. The fraction of sp³-hybridized carbons (Fsp3) is 0.700. The Morgan fingerprint density at radius 1 is 1.21 bits per heavy atom. The first-order valence-electron chi connectivity index (χ1n) is 9.36. The van der Waals surface area contributed by atoms with E-state index in [9.17, 15) is 9.59 Å². The molecular formula is C20H27NO3. The Bertz CT molecular complexity index is 696. The molecule has 3 bridgehead atoms. The number of aryl methyl sites for hydroxylation is 2. The summed E-state index contributed by atoms with van der Waals surface area (Å²) in [7, 11) is 0. The van der Waals surface area contributed by atoms with Gasteiger partial charge in [0.2, 0.25) is 0 Å². The van der Waals surface area contributed by atoms with E-state index in [1.54, 1.807) is 13.8 Å². The zero-order valence-corrected chi connectivity index (χ0v) is 14.8. The number of hydrogen-bond acceptors (Lipinski definition) is 3. The van der Waals surface area contributed by atoms with Crippen LogP contribution in [0.5, 0.6) is 0 Å². The normalized spacial score (nSPS) is 35.0. The van der Waals surface area contributed by atoms with Gasteiger partial charge in [-0.05, 0) is 88.0 Å². The number of amides is 1. The molecular weight excluding hydrogens is 302 g/mol. The minimum Gasteiger partial charge on any atom is -0.427 e. The summed E-state index contributed by atoms with van der Waals surface area (Å²) in [4.78, 5) is 24.2. The average Bonchev–Trinajstić information content (AvgIpc) is 2.68. The van der Waals surface area contributed by atoms with E-state index in [-0.39, 0.29) is 11.9 Å². The third-order valence-corrected chi connectivity index (χ3v) is 6.93. The summed E-state index contributed by atoms with van der Waals surface area (Å²) in [6, 6.07) is 1.58. The van der Waals surface area contributed by atoms with E-state index in [1.807, 2.05) is 0 Å². The molecule has 6 atom stereocenters. The molecule has 1 heterocycles. The summed E-state index contributed by atoms with van der Waals surface area (Å²) in [5.41, 5.74) is 0.822. The fourth-order valence-corrected chi connectivity index (χ4v) is 6.20. The highest BCUT2D eigenvalue weighted by Gasteiger charge is 2.51. The summed E-state index contributed by atoms with van der Waals surface area (Å²) in [5, 5.41) is 3.23. The van der Waals surface area contributed by atoms with Gasteiger partial charge in [-0.25, -0.2) is 4.79 Å². The molecule has 1 N–H and O–H groups in total. The number of fused-ring (bicyclic) bond motifs is 2. The molecule has 4 nitrogen and oxygen atoms in total. The maximum Gasteiger partial charge on any atom is 0.336 e. The fourth-order valence-electron chi connectivity index (χ4n) is 6.20. The van der Waals surface area contributed by atoms with Crippen LogP contribution in [0.4, 0.5) is 0 Å². The minimum atomic E-state index is -0.392. The molecule has 3 aliphatic carbocycles.